The Kier molecular flexibility index (Phi) is 6.85. The first-order chi connectivity index (χ1) is 20.8. The van der Waals surface area contributed by atoms with Crippen LogP contribution in [0.15, 0.2) is 30.6 Å². The molecule has 2 saturated heterocycles. The van der Waals surface area contributed by atoms with Gasteiger partial charge >= 0.3 is 6.18 Å². The Balaban J connectivity index is 1.23. The Morgan fingerprint density at radius 1 is 1.11 bits per heavy atom. The molecule has 0 spiro atoms. The van der Waals surface area contributed by atoms with Gasteiger partial charge in [-0.1, -0.05) is 6.92 Å². The quantitative estimate of drug-likeness (QED) is 0.338. The summed E-state index contributed by atoms with van der Waals surface area (Å²) in [7, 11) is 1.86. The number of fused-ring (bicyclic) bond motifs is 1. The molecule has 1 atom stereocenters. The topological polar surface area (TPSA) is 76.4 Å². The summed E-state index contributed by atoms with van der Waals surface area (Å²) in [5, 5.41) is 8.23. The zero-order valence-corrected chi connectivity index (χ0v) is 24.5. The fourth-order valence-electron chi connectivity index (χ4n) is 6.62. The maximum Gasteiger partial charge on any atom is 0.416 e. The van der Waals surface area contributed by atoms with Crippen molar-refractivity contribution in [3.63, 3.8) is 0 Å². The average Bonchev–Trinajstić information content (AvgIpc) is 3.64. The van der Waals surface area contributed by atoms with E-state index < -0.39 is 34.9 Å². The lowest BCUT2D eigenvalue weighted by Gasteiger charge is -2.42. The van der Waals surface area contributed by atoms with E-state index in [4.69, 9.17) is 9.72 Å². The molecule has 1 aromatic carbocycles. The van der Waals surface area contributed by atoms with Crippen molar-refractivity contribution in [3.8, 4) is 0 Å². The number of nitrogens with zero attached hydrogens (tertiary/aromatic N) is 6. The fraction of sp³-hybridized carbons (Fsp3) is 0.548. The highest BCUT2D eigenvalue weighted by Crippen LogP contribution is 2.45. The predicted molar refractivity (Wildman–Crippen MR) is 149 cm³/mol. The van der Waals surface area contributed by atoms with E-state index in [1.165, 1.54) is 17.9 Å². The average molecular weight is 617 g/mol. The van der Waals surface area contributed by atoms with Crippen LogP contribution < -0.4 is 4.90 Å². The van der Waals surface area contributed by atoms with E-state index in [1.54, 1.807) is 17.3 Å². The van der Waals surface area contributed by atoms with Gasteiger partial charge in [-0.15, -0.1) is 10.2 Å². The first-order valence-corrected chi connectivity index (χ1v) is 14.9. The van der Waals surface area contributed by atoms with Crippen molar-refractivity contribution in [1.82, 2.24) is 24.6 Å². The maximum absolute atomic E-state index is 14.4. The molecule has 5 heterocycles. The van der Waals surface area contributed by atoms with E-state index in [0.29, 0.717) is 25.5 Å². The van der Waals surface area contributed by atoms with Crippen LogP contribution in [0.25, 0.3) is 0 Å². The number of aryl methyl sites for hydroxylation is 1. The van der Waals surface area contributed by atoms with Gasteiger partial charge in [0.2, 0.25) is 0 Å². The third-order valence-electron chi connectivity index (χ3n) is 9.60. The van der Waals surface area contributed by atoms with Crippen LogP contribution in [0.2, 0.25) is 0 Å². The summed E-state index contributed by atoms with van der Waals surface area (Å²) in [5.41, 5.74) is 0.592. The minimum absolute atomic E-state index is 0.0221. The minimum Gasteiger partial charge on any atom is -0.379 e. The summed E-state index contributed by atoms with van der Waals surface area (Å²) in [5.74, 6) is -2.94. The normalized spacial score (nSPS) is 23.1. The van der Waals surface area contributed by atoms with Crippen molar-refractivity contribution in [2.24, 2.45) is 13.0 Å². The van der Waals surface area contributed by atoms with Crippen molar-refractivity contribution in [2.45, 2.75) is 69.1 Å². The molecule has 3 aliphatic heterocycles. The summed E-state index contributed by atoms with van der Waals surface area (Å²) in [6.45, 7) is 2.23. The number of benzene rings is 1. The van der Waals surface area contributed by atoms with Gasteiger partial charge < -0.3 is 9.30 Å². The van der Waals surface area contributed by atoms with Crippen molar-refractivity contribution in [2.75, 3.05) is 31.2 Å². The van der Waals surface area contributed by atoms with Crippen molar-refractivity contribution in [1.29, 1.82) is 0 Å². The van der Waals surface area contributed by atoms with Crippen molar-refractivity contribution >= 4 is 11.7 Å². The highest BCUT2D eigenvalue weighted by atomic mass is 19.4. The number of hydrogen-bond acceptors (Lipinski definition) is 6. The molecule has 0 bridgehead atoms. The molecule has 7 rings (SSSR count). The molecule has 234 valence electrons. The van der Waals surface area contributed by atoms with Gasteiger partial charge in [-0.05, 0) is 53.8 Å². The van der Waals surface area contributed by atoms with E-state index in [1.807, 2.05) is 17.7 Å². The summed E-state index contributed by atoms with van der Waals surface area (Å²) in [6.07, 6.45) is -0.959. The number of likely N-dealkylation sites (tertiary alicyclic amines) is 1. The first-order valence-electron chi connectivity index (χ1n) is 14.9. The number of halogens is 5. The van der Waals surface area contributed by atoms with E-state index in [0.717, 1.165) is 36.0 Å². The second-order valence-electron chi connectivity index (χ2n) is 12.9. The van der Waals surface area contributed by atoms with Gasteiger partial charge in [0, 0.05) is 68.0 Å². The molecular formula is C31H33F5N6O2. The van der Waals surface area contributed by atoms with Crippen LogP contribution in [-0.4, -0.2) is 62.8 Å². The van der Waals surface area contributed by atoms with Gasteiger partial charge in [-0.25, -0.2) is 13.8 Å². The first kappa shape index (κ1) is 29.3. The smallest absolute Gasteiger partial charge is 0.379 e. The van der Waals surface area contributed by atoms with Gasteiger partial charge in [0.25, 0.3) is 11.8 Å². The fourth-order valence-corrected chi connectivity index (χ4v) is 6.62. The molecule has 1 amide bonds. The van der Waals surface area contributed by atoms with Crippen LogP contribution in [-0.2, 0) is 42.9 Å². The van der Waals surface area contributed by atoms with Gasteiger partial charge in [-0.2, -0.15) is 13.2 Å². The van der Waals surface area contributed by atoms with Gasteiger partial charge in [0.15, 0.2) is 0 Å². The molecule has 1 aliphatic carbocycles. The standard InChI is InChI=1S/C31H33F5N6O2/c1-18-12-41(6-5-30(18,32)33)13-19-7-22-23(24(8-19)31(34,35)36)14-42(28(22)43)26-10-21(9-25(38-26)20-3-4-20)29(15-44-16-29)11-27-39-37-17-40(27)2/h7-10,17-18,20H,3-6,11-16H2,1-2H3. The molecule has 44 heavy (non-hydrogen) atoms. The third kappa shape index (κ3) is 5.17. The lowest BCUT2D eigenvalue weighted by atomic mass is 9.75. The minimum atomic E-state index is -4.70. The number of aromatic nitrogens is 4. The van der Waals surface area contributed by atoms with E-state index in [9.17, 15) is 26.7 Å². The molecule has 2 aromatic heterocycles. The zero-order valence-electron chi connectivity index (χ0n) is 24.5. The van der Waals surface area contributed by atoms with E-state index in [-0.39, 0.29) is 55.2 Å². The molecular weight excluding hydrogens is 583 g/mol. The molecule has 1 saturated carbocycles. The van der Waals surface area contributed by atoms with Gasteiger partial charge in [0.05, 0.1) is 25.3 Å². The number of hydrogen-bond donors (Lipinski definition) is 0. The second-order valence-corrected chi connectivity index (χ2v) is 12.9. The van der Waals surface area contributed by atoms with Gasteiger partial charge in [0.1, 0.15) is 18.0 Å². The predicted octanol–water partition coefficient (Wildman–Crippen LogP) is 5.25. The summed E-state index contributed by atoms with van der Waals surface area (Å²) < 4.78 is 78.8. The lowest BCUT2D eigenvalue weighted by Crippen LogP contribution is -2.49. The third-order valence-corrected chi connectivity index (χ3v) is 9.60. The largest absolute Gasteiger partial charge is 0.416 e. The number of anilines is 1. The summed E-state index contributed by atoms with van der Waals surface area (Å²) in [4.78, 5) is 21.7. The van der Waals surface area contributed by atoms with Crippen LogP contribution in [0.4, 0.5) is 27.8 Å². The molecule has 13 heteroatoms. The van der Waals surface area contributed by atoms with Crippen molar-refractivity contribution < 1.29 is 31.5 Å². The van der Waals surface area contributed by atoms with E-state index in [2.05, 4.69) is 10.2 Å². The number of alkyl halides is 5. The highest BCUT2D eigenvalue weighted by molar-refractivity contribution is 6.10. The number of ether oxygens (including phenoxy) is 1. The number of amides is 1. The van der Waals surface area contributed by atoms with E-state index >= 15 is 0 Å². The number of pyridine rings is 1. The van der Waals surface area contributed by atoms with Gasteiger partial charge in [-0.3, -0.25) is 14.6 Å². The molecule has 1 unspecified atom stereocenters. The molecule has 4 aliphatic rings. The Morgan fingerprint density at radius 2 is 1.89 bits per heavy atom. The lowest BCUT2D eigenvalue weighted by molar-refractivity contribution is -0.138. The Morgan fingerprint density at radius 3 is 2.50 bits per heavy atom. The SMILES string of the molecule is CC1CN(Cc2cc3c(c(C(F)(F)F)c2)CN(c2cc(C4(Cc5nncn5C)COC4)cc(C4CC4)n2)C3=O)CCC1(F)F. The van der Waals surface area contributed by atoms with Crippen LogP contribution in [0, 0.1) is 5.92 Å². The number of rotatable bonds is 7. The number of carbonyl (C=O) groups is 1. The van der Waals surface area contributed by atoms with Crippen LogP contribution >= 0.6 is 0 Å². The molecule has 0 N–H and O–H groups in total. The summed E-state index contributed by atoms with van der Waals surface area (Å²) in [6, 6.07) is 6.40. The van der Waals surface area contributed by atoms with Crippen LogP contribution in [0.1, 0.15) is 76.2 Å². The maximum atomic E-state index is 14.4. The highest BCUT2D eigenvalue weighted by Gasteiger charge is 2.46. The number of piperidine rings is 1. The Hall–Kier alpha value is -3.45. The molecule has 3 fully saturated rings. The van der Waals surface area contributed by atoms with Crippen molar-refractivity contribution in [3.05, 3.63) is 69.9 Å². The molecule has 3 aromatic rings. The number of carbonyl (C=O) groups excluding carboxylic acids is 1. The summed E-state index contributed by atoms with van der Waals surface area (Å²) >= 11 is 0. The second kappa shape index (κ2) is 10.3. The Labute approximate surface area is 251 Å². The van der Waals surface area contributed by atoms with Crippen LogP contribution in [0.5, 0.6) is 0 Å². The molecule has 0 radical (unpaired) electrons. The monoisotopic (exact) mass is 616 g/mol. The Bertz CT molecular complexity index is 1610. The zero-order chi connectivity index (χ0) is 31.0. The molecule has 8 nitrogen and oxygen atoms in total. The van der Waals surface area contributed by atoms with Crippen LogP contribution in [0.3, 0.4) is 0 Å².